The molecule has 0 bridgehead atoms. The van der Waals surface area contributed by atoms with Crippen molar-refractivity contribution in [1.82, 2.24) is 19.7 Å². The van der Waals surface area contributed by atoms with E-state index in [1.54, 1.807) is 37.6 Å². The summed E-state index contributed by atoms with van der Waals surface area (Å²) in [7, 11) is 0. The standard InChI is InChI=1S/C20H20N4O6/c1-20(2,3)29-19(28)22-8-9-23-15(11-22)14(10-21-23)18(27)30-24-16(25)12-6-4-5-7-13(12)17(24)26/h4-7,10H,8-9,11H2,1-3H3. The smallest absolute Gasteiger partial charge is 0.410 e. The van der Waals surface area contributed by atoms with Gasteiger partial charge >= 0.3 is 12.1 Å². The van der Waals surface area contributed by atoms with Crippen LogP contribution in [-0.2, 0) is 22.7 Å². The van der Waals surface area contributed by atoms with Gasteiger partial charge in [0.1, 0.15) is 11.2 Å². The first kappa shape index (κ1) is 19.6. The van der Waals surface area contributed by atoms with E-state index in [2.05, 4.69) is 5.10 Å². The van der Waals surface area contributed by atoms with Gasteiger partial charge in [0.15, 0.2) is 0 Å². The summed E-state index contributed by atoms with van der Waals surface area (Å²) < 4.78 is 6.97. The summed E-state index contributed by atoms with van der Waals surface area (Å²) in [5.74, 6) is -2.32. The molecule has 0 radical (unpaired) electrons. The molecule has 0 aliphatic carbocycles. The number of hydrogen-bond donors (Lipinski definition) is 0. The van der Waals surface area contributed by atoms with Crippen molar-refractivity contribution in [3.63, 3.8) is 0 Å². The van der Waals surface area contributed by atoms with Crippen LogP contribution in [0.1, 0.15) is 57.5 Å². The van der Waals surface area contributed by atoms with E-state index in [0.717, 1.165) is 0 Å². The van der Waals surface area contributed by atoms with Gasteiger partial charge in [-0.3, -0.25) is 14.3 Å². The van der Waals surface area contributed by atoms with Crippen molar-refractivity contribution in [2.75, 3.05) is 6.54 Å². The van der Waals surface area contributed by atoms with Crippen LogP contribution in [0.5, 0.6) is 0 Å². The van der Waals surface area contributed by atoms with Crippen LogP contribution in [0.2, 0.25) is 0 Å². The highest BCUT2D eigenvalue weighted by atomic mass is 16.7. The minimum Gasteiger partial charge on any atom is -0.444 e. The average Bonchev–Trinajstić information content (AvgIpc) is 3.21. The Labute approximate surface area is 171 Å². The van der Waals surface area contributed by atoms with Gasteiger partial charge in [-0.05, 0) is 32.9 Å². The minimum atomic E-state index is -0.906. The number of hydroxylamine groups is 2. The molecule has 0 saturated heterocycles. The number of rotatable bonds is 2. The normalized spacial score (nSPS) is 15.7. The molecule has 10 nitrogen and oxygen atoms in total. The molecule has 1 aromatic carbocycles. The zero-order valence-corrected chi connectivity index (χ0v) is 16.7. The van der Waals surface area contributed by atoms with Crippen molar-refractivity contribution in [2.45, 2.75) is 39.5 Å². The van der Waals surface area contributed by atoms with E-state index < -0.39 is 29.5 Å². The molecule has 0 unspecified atom stereocenters. The van der Waals surface area contributed by atoms with Crippen molar-refractivity contribution in [3.8, 4) is 0 Å². The third-order valence-electron chi connectivity index (χ3n) is 4.67. The number of carbonyl (C=O) groups excluding carboxylic acids is 4. The van der Waals surface area contributed by atoms with E-state index in [0.29, 0.717) is 23.8 Å². The number of aromatic nitrogens is 2. The van der Waals surface area contributed by atoms with Crippen molar-refractivity contribution in [3.05, 3.63) is 52.8 Å². The van der Waals surface area contributed by atoms with Crippen LogP contribution in [0.3, 0.4) is 0 Å². The van der Waals surface area contributed by atoms with Crippen LogP contribution in [-0.4, -0.2) is 55.8 Å². The van der Waals surface area contributed by atoms with Crippen molar-refractivity contribution in [2.24, 2.45) is 0 Å². The van der Waals surface area contributed by atoms with Crippen molar-refractivity contribution < 1.29 is 28.8 Å². The van der Waals surface area contributed by atoms with E-state index in [-0.39, 0.29) is 23.2 Å². The Hall–Kier alpha value is -3.69. The second-order valence-corrected chi connectivity index (χ2v) is 7.96. The summed E-state index contributed by atoms with van der Waals surface area (Å²) in [6, 6.07) is 6.22. The highest BCUT2D eigenvalue weighted by Crippen LogP contribution is 2.25. The predicted octanol–water partition coefficient (Wildman–Crippen LogP) is 2.00. The molecule has 2 aromatic rings. The number of fused-ring (bicyclic) bond motifs is 2. The molecule has 0 spiro atoms. The summed E-state index contributed by atoms with van der Waals surface area (Å²) in [6.45, 7) is 6.13. The summed E-state index contributed by atoms with van der Waals surface area (Å²) in [5, 5.41) is 4.60. The van der Waals surface area contributed by atoms with Crippen LogP contribution in [0.4, 0.5) is 4.79 Å². The lowest BCUT2D eigenvalue weighted by Gasteiger charge is -2.30. The molecule has 4 rings (SSSR count). The van der Waals surface area contributed by atoms with E-state index in [4.69, 9.17) is 9.57 Å². The Morgan fingerprint density at radius 3 is 2.27 bits per heavy atom. The fourth-order valence-corrected chi connectivity index (χ4v) is 3.28. The molecule has 0 saturated carbocycles. The van der Waals surface area contributed by atoms with Gasteiger partial charge in [-0.25, -0.2) is 9.59 Å². The molecule has 2 aliphatic heterocycles. The highest BCUT2D eigenvalue weighted by molar-refractivity contribution is 6.21. The number of amides is 3. The molecular formula is C20H20N4O6. The lowest BCUT2D eigenvalue weighted by molar-refractivity contribution is -0.0586. The molecule has 1 aromatic heterocycles. The number of benzene rings is 1. The minimum absolute atomic E-state index is 0.0693. The Morgan fingerprint density at radius 2 is 1.67 bits per heavy atom. The van der Waals surface area contributed by atoms with Gasteiger partial charge in [-0.15, -0.1) is 0 Å². The molecule has 3 amide bonds. The maximum atomic E-state index is 12.7. The van der Waals surface area contributed by atoms with Gasteiger partial charge in [0.2, 0.25) is 0 Å². The number of nitrogens with zero attached hydrogens (tertiary/aromatic N) is 4. The van der Waals surface area contributed by atoms with Crippen LogP contribution >= 0.6 is 0 Å². The lowest BCUT2D eigenvalue weighted by atomic mass is 10.1. The number of ether oxygens (including phenoxy) is 1. The van der Waals surface area contributed by atoms with Crippen LogP contribution < -0.4 is 0 Å². The fraction of sp³-hybridized carbons (Fsp3) is 0.350. The lowest BCUT2D eigenvalue weighted by Crippen LogP contribution is -2.42. The third-order valence-corrected chi connectivity index (χ3v) is 4.67. The predicted molar refractivity (Wildman–Crippen MR) is 101 cm³/mol. The number of hydrogen-bond acceptors (Lipinski definition) is 7. The maximum Gasteiger partial charge on any atom is 0.410 e. The molecule has 0 atom stereocenters. The zero-order chi connectivity index (χ0) is 21.6. The highest BCUT2D eigenvalue weighted by Gasteiger charge is 2.40. The van der Waals surface area contributed by atoms with Crippen LogP contribution in [0.15, 0.2) is 30.5 Å². The Kier molecular flexibility index (Phi) is 4.56. The number of imide groups is 1. The molecule has 10 heteroatoms. The molecule has 0 N–H and O–H groups in total. The maximum absolute atomic E-state index is 12.7. The monoisotopic (exact) mass is 412 g/mol. The van der Waals surface area contributed by atoms with Gasteiger partial charge in [-0.2, -0.15) is 5.10 Å². The first-order chi connectivity index (χ1) is 14.2. The second kappa shape index (κ2) is 6.97. The van der Waals surface area contributed by atoms with E-state index in [1.165, 1.54) is 23.2 Å². The Morgan fingerprint density at radius 1 is 1.03 bits per heavy atom. The first-order valence-corrected chi connectivity index (χ1v) is 9.38. The average molecular weight is 412 g/mol. The summed E-state index contributed by atoms with van der Waals surface area (Å²) in [6.07, 6.45) is 0.795. The molecule has 156 valence electrons. The zero-order valence-electron chi connectivity index (χ0n) is 16.7. The largest absolute Gasteiger partial charge is 0.444 e. The number of carbonyl (C=O) groups is 4. The summed E-state index contributed by atoms with van der Waals surface area (Å²) in [4.78, 5) is 56.5. The third kappa shape index (κ3) is 3.40. The van der Waals surface area contributed by atoms with Crippen LogP contribution in [0, 0.1) is 0 Å². The Balaban J connectivity index is 1.51. The SMILES string of the molecule is CC(C)(C)OC(=O)N1CCn2ncc(C(=O)ON3C(=O)c4ccccc4C3=O)c2C1. The molecular weight excluding hydrogens is 392 g/mol. The van der Waals surface area contributed by atoms with E-state index >= 15 is 0 Å². The first-order valence-electron chi connectivity index (χ1n) is 9.38. The second-order valence-electron chi connectivity index (χ2n) is 7.96. The van der Waals surface area contributed by atoms with Gasteiger partial charge in [0.05, 0.1) is 36.1 Å². The molecule has 3 heterocycles. The Bertz CT molecular complexity index is 1030. The molecule has 0 fully saturated rings. The van der Waals surface area contributed by atoms with Gasteiger partial charge in [0.25, 0.3) is 11.8 Å². The quantitative estimate of drug-likeness (QED) is 0.694. The van der Waals surface area contributed by atoms with E-state index in [1.807, 2.05) is 0 Å². The van der Waals surface area contributed by atoms with Gasteiger partial charge in [-0.1, -0.05) is 17.2 Å². The van der Waals surface area contributed by atoms with Gasteiger partial charge < -0.3 is 14.5 Å². The molecule has 30 heavy (non-hydrogen) atoms. The van der Waals surface area contributed by atoms with Crippen LogP contribution in [0.25, 0.3) is 0 Å². The van der Waals surface area contributed by atoms with Gasteiger partial charge in [0, 0.05) is 6.54 Å². The summed E-state index contributed by atoms with van der Waals surface area (Å²) >= 11 is 0. The van der Waals surface area contributed by atoms with Crippen molar-refractivity contribution >= 4 is 23.9 Å². The fourth-order valence-electron chi connectivity index (χ4n) is 3.28. The topological polar surface area (TPSA) is 111 Å². The van der Waals surface area contributed by atoms with Crippen molar-refractivity contribution in [1.29, 1.82) is 0 Å². The van der Waals surface area contributed by atoms with E-state index in [9.17, 15) is 19.2 Å². The summed E-state index contributed by atoms with van der Waals surface area (Å²) in [5.41, 5.74) is 0.197. The molecule has 2 aliphatic rings.